The van der Waals surface area contributed by atoms with Crippen LogP contribution in [0, 0.1) is 0 Å². The maximum absolute atomic E-state index is 12.7. The Bertz CT molecular complexity index is 531. The second kappa shape index (κ2) is 7.81. The van der Waals surface area contributed by atoms with Crippen molar-refractivity contribution in [2.24, 2.45) is 0 Å². The summed E-state index contributed by atoms with van der Waals surface area (Å²) >= 11 is 0. The molecule has 0 aliphatic carbocycles. The van der Waals surface area contributed by atoms with E-state index in [0.717, 1.165) is 44.4 Å². The van der Waals surface area contributed by atoms with E-state index in [1.807, 2.05) is 7.05 Å². The summed E-state index contributed by atoms with van der Waals surface area (Å²) in [5.74, 6) is -0.0265. The SMILES string of the molecule is CN1CCCCC[C@H]1C(=O)NCCc1cccc(C(F)(F)F)c1. The van der Waals surface area contributed by atoms with Crippen LogP contribution in [-0.2, 0) is 17.4 Å². The average molecular weight is 328 g/mol. The number of halogens is 3. The number of nitrogens with one attached hydrogen (secondary N) is 1. The van der Waals surface area contributed by atoms with Crippen molar-refractivity contribution in [3.8, 4) is 0 Å². The molecule has 128 valence electrons. The summed E-state index contributed by atoms with van der Waals surface area (Å²) in [6.07, 6.45) is 0.180. The second-order valence-electron chi connectivity index (χ2n) is 6.08. The van der Waals surface area contributed by atoms with E-state index in [0.29, 0.717) is 18.5 Å². The molecule has 1 aromatic carbocycles. The lowest BCUT2D eigenvalue weighted by Gasteiger charge is -2.24. The Morgan fingerprint density at radius 1 is 1.30 bits per heavy atom. The topological polar surface area (TPSA) is 32.3 Å². The summed E-state index contributed by atoms with van der Waals surface area (Å²) in [4.78, 5) is 14.3. The number of hydrogen-bond donors (Lipinski definition) is 1. The fourth-order valence-corrected chi connectivity index (χ4v) is 2.93. The standard InChI is InChI=1S/C17H23F3N2O/c1-22-11-4-2-3-8-15(22)16(23)21-10-9-13-6-5-7-14(12-13)17(18,19)20/h5-7,12,15H,2-4,8-11H2,1H3,(H,21,23)/t15-/m0/s1. The quantitative estimate of drug-likeness (QED) is 0.920. The van der Waals surface area contributed by atoms with Crippen LogP contribution in [0.4, 0.5) is 13.2 Å². The molecule has 0 radical (unpaired) electrons. The van der Waals surface area contributed by atoms with Crippen LogP contribution in [0.1, 0.15) is 36.8 Å². The van der Waals surface area contributed by atoms with E-state index >= 15 is 0 Å². The Balaban J connectivity index is 1.86. The molecule has 3 nitrogen and oxygen atoms in total. The summed E-state index contributed by atoms with van der Waals surface area (Å²) in [7, 11) is 1.95. The van der Waals surface area contributed by atoms with Crippen molar-refractivity contribution >= 4 is 5.91 Å². The van der Waals surface area contributed by atoms with Gasteiger partial charge in [-0.25, -0.2) is 0 Å². The van der Waals surface area contributed by atoms with E-state index in [1.54, 1.807) is 6.07 Å². The number of likely N-dealkylation sites (tertiary alicyclic amines) is 1. The first-order chi connectivity index (χ1) is 10.9. The molecule has 1 amide bonds. The van der Waals surface area contributed by atoms with Gasteiger partial charge in [-0.1, -0.05) is 31.0 Å². The molecular weight excluding hydrogens is 305 g/mol. The monoisotopic (exact) mass is 328 g/mol. The first-order valence-electron chi connectivity index (χ1n) is 8.02. The van der Waals surface area contributed by atoms with Gasteiger partial charge in [0.1, 0.15) is 0 Å². The van der Waals surface area contributed by atoms with Crippen LogP contribution in [0.3, 0.4) is 0 Å². The fraction of sp³-hybridized carbons (Fsp3) is 0.588. The third-order valence-electron chi connectivity index (χ3n) is 4.29. The minimum atomic E-state index is -4.33. The van der Waals surface area contributed by atoms with E-state index in [-0.39, 0.29) is 11.9 Å². The predicted octanol–water partition coefficient (Wildman–Crippen LogP) is 3.24. The molecule has 0 saturated carbocycles. The summed E-state index contributed by atoms with van der Waals surface area (Å²) < 4.78 is 38.0. The highest BCUT2D eigenvalue weighted by atomic mass is 19.4. The van der Waals surface area contributed by atoms with Crippen LogP contribution in [-0.4, -0.2) is 37.0 Å². The van der Waals surface area contributed by atoms with Gasteiger partial charge in [0, 0.05) is 6.54 Å². The third-order valence-corrected chi connectivity index (χ3v) is 4.29. The molecule has 1 heterocycles. The Hall–Kier alpha value is -1.56. The number of rotatable bonds is 4. The molecule has 1 atom stereocenters. The molecule has 23 heavy (non-hydrogen) atoms. The van der Waals surface area contributed by atoms with Crippen molar-refractivity contribution in [1.29, 1.82) is 0 Å². The van der Waals surface area contributed by atoms with Crippen LogP contribution in [0.5, 0.6) is 0 Å². The maximum atomic E-state index is 12.7. The summed E-state index contributed by atoms with van der Waals surface area (Å²) in [6.45, 7) is 1.26. The predicted molar refractivity (Wildman–Crippen MR) is 83.0 cm³/mol. The molecule has 0 spiro atoms. The number of nitrogens with zero attached hydrogens (tertiary/aromatic N) is 1. The van der Waals surface area contributed by atoms with Crippen molar-refractivity contribution in [3.63, 3.8) is 0 Å². The number of hydrogen-bond acceptors (Lipinski definition) is 2. The van der Waals surface area contributed by atoms with Crippen LogP contribution in [0.15, 0.2) is 24.3 Å². The summed E-state index contributed by atoms with van der Waals surface area (Å²) in [6, 6.07) is 5.13. The van der Waals surface area contributed by atoms with Crippen molar-refractivity contribution in [2.45, 2.75) is 44.3 Å². The molecule has 1 aromatic rings. The van der Waals surface area contributed by atoms with Crippen LogP contribution in [0.25, 0.3) is 0 Å². The number of alkyl halides is 3. The van der Waals surface area contributed by atoms with Crippen LogP contribution < -0.4 is 5.32 Å². The molecule has 0 bridgehead atoms. The van der Waals surface area contributed by atoms with E-state index in [1.165, 1.54) is 6.07 Å². The molecule has 1 saturated heterocycles. The van der Waals surface area contributed by atoms with Gasteiger partial charge in [0.2, 0.25) is 5.91 Å². The van der Waals surface area contributed by atoms with E-state index < -0.39 is 11.7 Å². The van der Waals surface area contributed by atoms with E-state index in [2.05, 4.69) is 10.2 Å². The van der Waals surface area contributed by atoms with Gasteiger partial charge in [-0.3, -0.25) is 9.69 Å². The zero-order valence-corrected chi connectivity index (χ0v) is 13.3. The lowest BCUT2D eigenvalue weighted by Crippen LogP contribution is -2.45. The van der Waals surface area contributed by atoms with Gasteiger partial charge < -0.3 is 5.32 Å². The Morgan fingerprint density at radius 3 is 2.83 bits per heavy atom. The maximum Gasteiger partial charge on any atom is 0.416 e. The Labute approximate surface area is 134 Å². The van der Waals surface area contributed by atoms with Crippen molar-refractivity contribution < 1.29 is 18.0 Å². The Morgan fingerprint density at radius 2 is 2.09 bits per heavy atom. The van der Waals surface area contributed by atoms with E-state index in [9.17, 15) is 18.0 Å². The fourth-order valence-electron chi connectivity index (χ4n) is 2.93. The zero-order chi connectivity index (χ0) is 16.9. The van der Waals surface area contributed by atoms with Gasteiger partial charge >= 0.3 is 6.18 Å². The van der Waals surface area contributed by atoms with Crippen molar-refractivity contribution in [2.75, 3.05) is 20.1 Å². The highest BCUT2D eigenvalue weighted by Gasteiger charge is 2.30. The number of likely N-dealkylation sites (N-methyl/N-ethyl adjacent to an activating group) is 1. The first kappa shape index (κ1) is 17.8. The molecule has 1 fully saturated rings. The minimum absolute atomic E-state index is 0.0265. The third kappa shape index (κ3) is 5.23. The van der Waals surface area contributed by atoms with Crippen LogP contribution in [0.2, 0.25) is 0 Å². The largest absolute Gasteiger partial charge is 0.416 e. The first-order valence-corrected chi connectivity index (χ1v) is 8.02. The molecule has 0 aromatic heterocycles. The number of benzene rings is 1. The number of carbonyl (C=O) groups excluding carboxylic acids is 1. The molecule has 6 heteroatoms. The molecular formula is C17H23F3N2O. The molecule has 1 aliphatic rings. The van der Waals surface area contributed by atoms with Gasteiger partial charge in [-0.05, 0) is 44.5 Å². The van der Waals surface area contributed by atoms with Gasteiger partial charge in [0.15, 0.2) is 0 Å². The molecule has 0 unspecified atom stereocenters. The highest BCUT2D eigenvalue weighted by Crippen LogP contribution is 2.29. The number of amides is 1. The van der Waals surface area contributed by atoms with Crippen molar-refractivity contribution in [1.82, 2.24) is 10.2 Å². The average Bonchev–Trinajstić information content (AvgIpc) is 2.71. The van der Waals surface area contributed by atoms with Crippen LogP contribution >= 0.6 is 0 Å². The van der Waals surface area contributed by atoms with E-state index in [4.69, 9.17) is 0 Å². The minimum Gasteiger partial charge on any atom is -0.354 e. The summed E-state index contributed by atoms with van der Waals surface area (Å²) in [5, 5.41) is 2.86. The van der Waals surface area contributed by atoms with Gasteiger partial charge in [-0.2, -0.15) is 13.2 Å². The smallest absolute Gasteiger partial charge is 0.354 e. The highest BCUT2D eigenvalue weighted by molar-refractivity contribution is 5.81. The molecule has 1 N–H and O–H groups in total. The van der Waals surface area contributed by atoms with Crippen molar-refractivity contribution in [3.05, 3.63) is 35.4 Å². The van der Waals surface area contributed by atoms with Gasteiger partial charge in [-0.15, -0.1) is 0 Å². The van der Waals surface area contributed by atoms with Gasteiger partial charge in [0.05, 0.1) is 11.6 Å². The zero-order valence-electron chi connectivity index (χ0n) is 13.3. The lowest BCUT2D eigenvalue weighted by atomic mass is 10.1. The summed E-state index contributed by atoms with van der Waals surface area (Å²) in [5.41, 5.74) is -0.0702. The number of carbonyl (C=O) groups is 1. The lowest BCUT2D eigenvalue weighted by molar-refractivity contribution is -0.137. The molecule has 1 aliphatic heterocycles. The Kier molecular flexibility index (Phi) is 6.04. The van der Waals surface area contributed by atoms with Gasteiger partial charge in [0.25, 0.3) is 0 Å². The molecule has 2 rings (SSSR count). The second-order valence-corrected chi connectivity index (χ2v) is 6.08. The normalized spacial score (nSPS) is 20.1.